The van der Waals surface area contributed by atoms with Crippen molar-refractivity contribution < 1.29 is 14.3 Å². The van der Waals surface area contributed by atoms with E-state index in [4.69, 9.17) is 4.74 Å². The molecule has 2 atom stereocenters. The quantitative estimate of drug-likeness (QED) is 0.709. The fraction of sp³-hybridized carbons (Fsp3) is 0.857. The number of carbonyl (C=O) groups is 2. The van der Waals surface area contributed by atoms with Gasteiger partial charge in [-0.15, -0.1) is 0 Å². The van der Waals surface area contributed by atoms with Crippen LogP contribution in [0.4, 0.5) is 0 Å². The first-order chi connectivity index (χ1) is 8.97. The van der Waals surface area contributed by atoms with Crippen molar-refractivity contribution in [1.82, 2.24) is 9.80 Å². The van der Waals surface area contributed by atoms with Crippen LogP contribution in [0.1, 0.15) is 33.6 Å². The zero-order chi connectivity index (χ0) is 14.0. The monoisotopic (exact) mass is 268 g/mol. The van der Waals surface area contributed by atoms with Crippen molar-refractivity contribution in [2.45, 2.75) is 45.8 Å². The zero-order valence-electron chi connectivity index (χ0n) is 12.1. The minimum absolute atomic E-state index is 0.0769. The van der Waals surface area contributed by atoms with E-state index < -0.39 is 0 Å². The zero-order valence-corrected chi connectivity index (χ0v) is 12.1. The molecule has 0 aliphatic carbocycles. The van der Waals surface area contributed by atoms with Gasteiger partial charge in [0.05, 0.1) is 12.2 Å². The summed E-state index contributed by atoms with van der Waals surface area (Å²) in [6.45, 7) is 8.41. The van der Waals surface area contributed by atoms with Gasteiger partial charge in [-0.3, -0.25) is 9.59 Å². The first-order valence-corrected chi connectivity index (χ1v) is 7.17. The van der Waals surface area contributed by atoms with Gasteiger partial charge in [-0.05, 0) is 26.7 Å². The van der Waals surface area contributed by atoms with E-state index in [9.17, 15) is 9.59 Å². The highest BCUT2D eigenvalue weighted by Crippen LogP contribution is 2.22. The predicted octanol–water partition coefficient (Wildman–Crippen LogP) is 0.881. The van der Waals surface area contributed by atoms with Gasteiger partial charge in [-0.1, -0.05) is 0 Å². The van der Waals surface area contributed by atoms with Crippen molar-refractivity contribution in [3.8, 4) is 0 Å². The van der Waals surface area contributed by atoms with Crippen molar-refractivity contribution in [3.05, 3.63) is 0 Å². The van der Waals surface area contributed by atoms with Gasteiger partial charge in [0, 0.05) is 39.0 Å². The van der Waals surface area contributed by atoms with Crippen LogP contribution in [0, 0.1) is 5.92 Å². The Morgan fingerprint density at radius 2 is 1.53 bits per heavy atom. The van der Waals surface area contributed by atoms with Crippen LogP contribution in [0.25, 0.3) is 0 Å². The lowest BCUT2D eigenvalue weighted by molar-refractivity contribution is -0.150. The second-order valence-electron chi connectivity index (χ2n) is 5.78. The van der Waals surface area contributed by atoms with E-state index in [-0.39, 0.29) is 29.9 Å². The van der Waals surface area contributed by atoms with Gasteiger partial charge in [0.2, 0.25) is 11.8 Å². The molecule has 0 aromatic heterocycles. The molecule has 2 fully saturated rings. The number of piperidine rings is 1. The molecule has 0 radical (unpaired) electrons. The molecule has 2 rings (SSSR count). The Morgan fingerprint density at radius 1 is 1.00 bits per heavy atom. The number of amides is 2. The maximum absolute atomic E-state index is 12.5. The second-order valence-corrected chi connectivity index (χ2v) is 5.78. The van der Waals surface area contributed by atoms with Gasteiger partial charge in [0.25, 0.3) is 0 Å². The molecule has 2 saturated heterocycles. The number of likely N-dealkylation sites (tertiary alicyclic amines) is 1. The molecule has 19 heavy (non-hydrogen) atoms. The molecule has 0 spiro atoms. The molecule has 0 N–H and O–H groups in total. The smallest absolute Gasteiger partial charge is 0.225 e. The lowest BCUT2D eigenvalue weighted by atomic mass is 9.94. The summed E-state index contributed by atoms with van der Waals surface area (Å²) < 4.78 is 5.66. The minimum Gasteiger partial charge on any atom is -0.372 e. The van der Waals surface area contributed by atoms with E-state index in [1.54, 1.807) is 6.92 Å². The Kier molecular flexibility index (Phi) is 4.45. The Bertz CT molecular complexity index is 341. The molecule has 0 bridgehead atoms. The number of ether oxygens (including phenoxy) is 1. The van der Waals surface area contributed by atoms with Gasteiger partial charge < -0.3 is 14.5 Å². The van der Waals surface area contributed by atoms with E-state index >= 15 is 0 Å². The molecular weight excluding hydrogens is 244 g/mol. The summed E-state index contributed by atoms with van der Waals surface area (Å²) in [5, 5.41) is 0. The third-order valence-corrected chi connectivity index (χ3v) is 4.02. The molecule has 2 heterocycles. The normalized spacial score (nSPS) is 29.4. The third-order valence-electron chi connectivity index (χ3n) is 4.02. The summed E-state index contributed by atoms with van der Waals surface area (Å²) in [5.41, 5.74) is 0. The SMILES string of the molecule is CC(=O)N1CCC(C(=O)N2C[C@H](C)O[C@@H](C)C2)CC1. The van der Waals surface area contributed by atoms with Crippen LogP contribution in [-0.4, -0.2) is 60.0 Å². The van der Waals surface area contributed by atoms with E-state index in [2.05, 4.69) is 0 Å². The average Bonchev–Trinajstić information content (AvgIpc) is 2.37. The first-order valence-electron chi connectivity index (χ1n) is 7.17. The Labute approximate surface area is 114 Å². The molecule has 108 valence electrons. The van der Waals surface area contributed by atoms with Crippen LogP contribution in [0.2, 0.25) is 0 Å². The maximum Gasteiger partial charge on any atom is 0.225 e. The summed E-state index contributed by atoms with van der Waals surface area (Å²) in [4.78, 5) is 27.5. The van der Waals surface area contributed by atoms with Gasteiger partial charge in [-0.2, -0.15) is 0 Å². The Balaban J connectivity index is 1.88. The van der Waals surface area contributed by atoms with E-state index in [1.165, 1.54) is 0 Å². The number of nitrogens with zero attached hydrogens (tertiary/aromatic N) is 2. The van der Waals surface area contributed by atoms with Gasteiger partial charge >= 0.3 is 0 Å². The largest absolute Gasteiger partial charge is 0.372 e. The van der Waals surface area contributed by atoms with Gasteiger partial charge in [-0.25, -0.2) is 0 Å². The van der Waals surface area contributed by atoms with Crippen LogP contribution in [-0.2, 0) is 14.3 Å². The average molecular weight is 268 g/mol. The van der Waals surface area contributed by atoms with E-state index in [1.807, 2.05) is 23.6 Å². The summed E-state index contributed by atoms with van der Waals surface area (Å²) in [6.07, 6.45) is 1.81. The molecule has 5 heteroatoms. The molecule has 0 saturated carbocycles. The van der Waals surface area contributed by atoms with Crippen molar-refractivity contribution in [2.24, 2.45) is 5.92 Å². The number of hydrogen-bond donors (Lipinski definition) is 0. The molecule has 5 nitrogen and oxygen atoms in total. The molecule has 0 unspecified atom stereocenters. The van der Waals surface area contributed by atoms with Crippen LogP contribution in [0.3, 0.4) is 0 Å². The Morgan fingerprint density at radius 3 is 2.00 bits per heavy atom. The number of hydrogen-bond acceptors (Lipinski definition) is 3. The van der Waals surface area contributed by atoms with E-state index in [0.717, 1.165) is 12.8 Å². The lowest BCUT2D eigenvalue weighted by Gasteiger charge is -2.39. The molecule has 0 aromatic rings. The van der Waals surface area contributed by atoms with Crippen molar-refractivity contribution >= 4 is 11.8 Å². The highest BCUT2D eigenvalue weighted by atomic mass is 16.5. The van der Waals surface area contributed by atoms with Crippen LogP contribution in [0.5, 0.6) is 0 Å². The summed E-state index contributed by atoms with van der Waals surface area (Å²) in [6, 6.07) is 0. The van der Waals surface area contributed by atoms with Crippen molar-refractivity contribution in [1.29, 1.82) is 0 Å². The van der Waals surface area contributed by atoms with Crippen molar-refractivity contribution in [3.63, 3.8) is 0 Å². The minimum atomic E-state index is 0.0769. The Hall–Kier alpha value is -1.10. The summed E-state index contributed by atoms with van der Waals surface area (Å²) in [5.74, 6) is 0.429. The molecule has 2 aliphatic heterocycles. The summed E-state index contributed by atoms with van der Waals surface area (Å²) >= 11 is 0. The molecule has 2 aliphatic rings. The standard InChI is InChI=1S/C14H24N2O3/c1-10-8-16(9-11(2)19-10)14(18)13-4-6-15(7-5-13)12(3)17/h10-11,13H,4-9H2,1-3H3/t10-,11-/m0/s1. The molecule has 2 amide bonds. The predicted molar refractivity (Wildman–Crippen MR) is 71.6 cm³/mol. The fourth-order valence-corrected chi connectivity index (χ4v) is 3.06. The van der Waals surface area contributed by atoms with Crippen LogP contribution in [0.15, 0.2) is 0 Å². The van der Waals surface area contributed by atoms with Gasteiger partial charge in [0.15, 0.2) is 0 Å². The molecular formula is C14H24N2O3. The summed E-state index contributed by atoms with van der Waals surface area (Å²) in [7, 11) is 0. The van der Waals surface area contributed by atoms with Crippen LogP contribution < -0.4 is 0 Å². The second kappa shape index (κ2) is 5.90. The highest BCUT2D eigenvalue weighted by Gasteiger charge is 2.32. The first kappa shape index (κ1) is 14.3. The lowest BCUT2D eigenvalue weighted by Crippen LogP contribution is -2.51. The third kappa shape index (κ3) is 3.47. The van der Waals surface area contributed by atoms with Crippen molar-refractivity contribution in [2.75, 3.05) is 26.2 Å². The highest BCUT2D eigenvalue weighted by molar-refractivity contribution is 5.80. The number of morpholine rings is 1. The maximum atomic E-state index is 12.5. The van der Waals surface area contributed by atoms with Crippen LogP contribution >= 0.6 is 0 Å². The number of carbonyl (C=O) groups excluding carboxylic acids is 2. The van der Waals surface area contributed by atoms with E-state index in [0.29, 0.717) is 26.2 Å². The topological polar surface area (TPSA) is 49.9 Å². The van der Waals surface area contributed by atoms with Gasteiger partial charge in [0.1, 0.15) is 0 Å². The number of rotatable bonds is 1. The fourth-order valence-electron chi connectivity index (χ4n) is 3.06. The molecule has 0 aromatic carbocycles.